The standard InChI is InChI=1S/C23H25BrCl2N2O3/c1-15(23(30)27-19-7-2-3-8-19)28(13-16-5-4-6-17(25)11-16)22(29)14-31-21-10-9-18(26)12-20(21)24/h4-6,9-12,15,19H,2-3,7-8,13-14H2,1H3,(H,27,30)/t15-/m0/s1. The summed E-state index contributed by atoms with van der Waals surface area (Å²) in [5.74, 6) is 0.0503. The fourth-order valence-corrected chi connectivity index (χ4v) is 4.63. The summed E-state index contributed by atoms with van der Waals surface area (Å²) in [5.41, 5.74) is 0.842. The molecule has 1 fully saturated rings. The molecule has 0 radical (unpaired) electrons. The van der Waals surface area contributed by atoms with Crippen LogP contribution in [0.2, 0.25) is 10.0 Å². The van der Waals surface area contributed by atoms with Crippen molar-refractivity contribution in [1.29, 1.82) is 0 Å². The molecule has 0 heterocycles. The van der Waals surface area contributed by atoms with E-state index < -0.39 is 6.04 Å². The highest BCUT2D eigenvalue weighted by molar-refractivity contribution is 9.10. The zero-order valence-corrected chi connectivity index (χ0v) is 20.3. The number of carbonyl (C=O) groups excluding carboxylic acids is 2. The van der Waals surface area contributed by atoms with Gasteiger partial charge in [0.1, 0.15) is 11.8 Å². The lowest BCUT2D eigenvalue weighted by molar-refractivity contribution is -0.142. The summed E-state index contributed by atoms with van der Waals surface area (Å²) >= 11 is 15.5. The van der Waals surface area contributed by atoms with Crippen molar-refractivity contribution >= 4 is 50.9 Å². The van der Waals surface area contributed by atoms with Gasteiger partial charge in [0.2, 0.25) is 5.91 Å². The minimum absolute atomic E-state index is 0.157. The van der Waals surface area contributed by atoms with E-state index in [1.54, 1.807) is 37.3 Å². The van der Waals surface area contributed by atoms with E-state index in [0.29, 0.717) is 20.3 Å². The number of nitrogens with one attached hydrogen (secondary N) is 1. The molecule has 0 aromatic heterocycles. The minimum Gasteiger partial charge on any atom is -0.483 e. The molecule has 1 atom stereocenters. The lowest BCUT2D eigenvalue weighted by Gasteiger charge is -2.29. The van der Waals surface area contributed by atoms with Crippen LogP contribution < -0.4 is 10.1 Å². The van der Waals surface area contributed by atoms with Crippen molar-refractivity contribution in [2.24, 2.45) is 0 Å². The van der Waals surface area contributed by atoms with E-state index >= 15 is 0 Å². The van der Waals surface area contributed by atoms with Crippen molar-refractivity contribution in [3.8, 4) is 5.75 Å². The lowest BCUT2D eigenvalue weighted by Crippen LogP contribution is -2.50. The monoisotopic (exact) mass is 526 g/mol. The predicted molar refractivity (Wildman–Crippen MR) is 127 cm³/mol. The Labute approximate surface area is 201 Å². The van der Waals surface area contributed by atoms with Crippen LogP contribution in [-0.4, -0.2) is 35.4 Å². The Kier molecular flexibility index (Phi) is 8.64. The summed E-state index contributed by atoms with van der Waals surface area (Å²) in [6.45, 7) is 1.79. The first kappa shape index (κ1) is 23.9. The molecule has 2 aromatic rings. The summed E-state index contributed by atoms with van der Waals surface area (Å²) in [6, 6.07) is 11.9. The van der Waals surface area contributed by atoms with Crippen LogP contribution in [0.5, 0.6) is 5.75 Å². The first-order valence-corrected chi connectivity index (χ1v) is 11.8. The van der Waals surface area contributed by atoms with Gasteiger partial charge in [-0.2, -0.15) is 0 Å². The normalized spacial score (nSPS) is 14.8. The number of hydrogen-bond donors (Lipinski definition) is 1. The molecule has 0 spiro atoms. The molecule has 31 heavy (non-hydrogen) atoms. The van der Waals surface area contributed by atoms with E-state index in [-0.39, 0.29) is 31.0 Å². The van der Waals surface area contributed by atoms with Gasteiger partial charge in [-0.15, -0.1) is 0 Å². The predicted octanol–water partition coefficient (Wildman–Crippen LogP) is 5.61. The van der Waals surface area contributed by atoms with Crippen LogP contribution in [0.15, 0.2) is 46.9 Å². The quantitative estimate of drug-likeness (QED) is 0.485. The van der Waals surface area contributed by atoms with E-state index in [1.807, 2.05) is 12.1 Å². The van der Waals surface area contributed by atoms with E-state index in [9.17, 15) is 9.59 Å². The highest BCUT2D eigenvalue weighted by Gasteiger charge is 2.29. The van der Waals surface area contributed by atoms with Gasteiger partial charge in [0.25, 0.3) is 5.91 Å². The molecule has 1 aliphatic rings. The number of rotatable bonds is 8. The van der Waals surface area contributed by atoms with Crippen LogP contribution in [0.1, 0.15) is 38.2 Å². The molecular weight excluding hydrogens is 503 g/mol. The Morgan fingerprint density at radius 1 is 1.16 bits per heavy atom. The smallest absolute Gasteiger partial charge is 0.261 e. The molecule has 0 unspecified atom stereocenters. The van der Waals surface area contributed by atoms with Gasteiger partial charge in [-0.3, -0.25) is 9.59 Å². The summed E-state index contributed by atoms with van der Waals surface area (Å²) in [4.78, 5) is 27.5. The Hall–Kier alpha value is -1.76. The number of halogens is 3. The zero-order valence-electron chi connectivity index (χ0n) is 17.2. The average Bonchev–Trinajstić information content (AvgIpc) is 3.23. The molecule has 2 aromatic carbocycles. The maximum atomic E-state index is 13.1. The first-order chi connectivity index (χ1) is 14.8. The molecule has 166 valence electrons. The van der Waals surface area contributed by atoms with Gasteiger partial charge in [-0.1, -0.05) is 48.2 Å². The van der Waals surface area contributed by atoms with Crippen molar-refractivity contribution in [2.45, 2.75) is 51.2 Å². The molecule has 1 saturated carbocycles. The average molecular weight is 528 g/mol. The second kappa shape index (κ2) is 11.2. The maximum Gasteiger partial charge on any atom is 0.261 e. The molecule has 5 nitrogen and oxygen atoms in total. The number of carbonyl (C=O) groups is 2. The molecule has 0 aliphatic heterocycles. The van der Waals surface area contributed by atoms with E-state index in [0.717, 1.165) is 31.2 Å². The molecule has 8 heteroatoms. The van der Waals surface area contributed by atoms with Gasteiger partial charge in [-0.05, 0) is 71.6 Å². The second-order valence-corrected chi connectivity index (χ2v) is 9.41. The molecule has 3 rings (SSSR count). The van der Waals surface area contributed by atoms with E-state index in [2.05, 4.69) is 21.2 Å². The topological polar surface area (TPSA) is 58.6 Å². The SMILES string of the molecule is C[C@@H](C(=O)NC1CCCC1)N(Cc1cccc(Cl)c1)C(=O)COc1ccc(Cl)cc1Br. The van der Waals surface area contributed by atoms with Gasteiger partial charge in [0, 0.05) is 22.6 Å². The van der Waals surface area contributed by atoms with Crippen molar-refractivity contribution < 1.29 is 14.3 Å². The van der Waals surface area contributed by atoms with Crippen LogP contribution in [0.4, 0.5) is 0 Å². The van der Waals surface area contributed by atoms with Crippen LogP contribution in [0.25, 0.3) is 0 Å². The number of ether oxygens (including phenoxy) is 1. The third-order valence-electron chi connectivity index (χ3n) is 5.36. The third kappa shape index (κ3) is 6.86. The largest absolute Gasteiger partial charge is 0.483 e. The van der Waals surface area contributed by atoms with Crippen LogP contribution in [0, 0.1) is 0 Å². The molecule has 2 amide bonds. The van der Waals surface area contributed by atoms with E-state index in [4.69, 9.17) is 27.9 Å². The van der Waals surface area contributed by atoms with Crippen LogP contribution >= 0.6 is 39.1 Å². The summed E-state index contributed by atoms with van der Waals surface area (Å²) in [6.07, 6.45) is 4.20. The molecule has 1 N–H and O–H groups in total. The Morgan fingerprint density at radius 2 is 1.87 bits per heavy atom. The first-order valence-electron chi connectivity index (χ1n) is 10.3. The number of hydrogen-bond acceptors (Lipinski definition) is 3. The molecule has 0 bridgehead atoms. The highest BCUT2D eigenvalue weighted by atomic mass is 79.9. The second-order valence-electron chi connectivity index (χ2n) is 7.68. The molecule has 1 aliphatic carbocycles. The molecule has 0 saturated heterocycles. The van der Waals surface area contributed by atoms with Gasteiger partial charge >= 0.3 is 0 Å². The zero-order chi connectivity index (χ0) is 22.4. The number of nitrogens with zero attached hydrogens (tertiary/aromatic N) is 1. The summed E-state index contributed by atoms with van der Waals surface area (Å²) in [7, 11) is 0. The van der Waals surface area contributed by atoms with Crippen LogP contribution in [0.3, 0.4) is 0 Å². The fraction of sp³-hybridized carbons (Fsp3) is 0.391. The molecular formula is C23H25BrCl2N2O3. The number of benzene rings is 2. The lowest BCUT2D eigenvalue weighted by atomic mass is 10.1. The maximum absolute atomic E-state index is 13.1. The van der Waals surface area contributed by atoms with Crippen molar-refractivity contribution in [3.63, 3.8) is 0 Å². The fourth-order valence-electron chi connectivity index (χ4n) is 3.62. The van der Waals surface area contributed by atoms with Gasteiger partial charge in [-0.25, -0.2) is 0 Å². The Balaban J connectivity index is 1.73. The van der Waals surface area contributed by atoms with Gasteiger partial charge in [0.15, 0.2) is 6.61 Å². The van der Waals surface area contributed by atoms with Gasteiger partial charge < -0.3 is 15.0 Å². The van der Waals surface area contributed by atoms with Crippen molar-refractivity contribution in [2.75, 3.05) is 6.61 Å². The van der Waals surface area contributed by atoms with E-state index in [1.165, 1.54) is 4.90 Å². The third-order valence-corrected chi connectivity index (χ3v) is 6.45. The van der Waals surface area contributed by atoms with Crippen molar-refractivity contribution in [3.05, 3.63) is 62.5 Å². The Morgan fingerprint density at radius 3 is 2.55 bits per heavy atom. The van der Waals surface area contributed by atoms with Crippen molar-refractivity contribution in [1.82, 2.24) is 10.2 Å². The highest BCUT2D eigenvalue weighted by Crippen LogP contribution is 2.28. The minimum atomic E-state index is -0.649. The van der Waals surface area contributed by atoms with Gasteiger partial charge in [0.05, 0.1) is 4.47 Å². The summed E-state index contributed by atoms with van der Waals surface area (Å²) in [5, 5.41) is 4.22. The Bertz CT molecular complexity index is 935. The summed E-state index contributed by atoms with van der Waals surface area (Å²) < 4.78 is 6.36. The number of amides is 2. The van der Waals surface area contributed by atoms with Crippen LogP contribution in [-0.2, 0) is 16.1 Å².